The molecule has 0 N–H and O–H groups in total. The lowest BCUT2D eigenvalue weighted by molar-refractivity contribution is -0.113. The Labute approximate surface area is 149 Å². The summed E-state index contributed by atoms with van der Waals surface area (Å²) in [5, 5.41) is 0.561. The number of halogens is 2. The van der Waals surface area contributed by atoms with E-state index in [0.717, 1.165) is 3.77 Å². The summed E-state index contributed by atoms with van der Waals surface area (Å²) in [6.07, 6.45) is 1.70. The molecule has 0 aliphatic carbocycles. The lowest BCUT2D eigenvalue weighted by Crippen LogP contribution is -2.27. The fraction of sp³-hybridized carbons (Fsp3) is 0. The molecule has 1 aliphatic rings. The van der Waals surface area contributed by atoms with Crippen LogP contribution in [0.3, 0.4) is 0 Å². The lowest BCUT2D eigenvalue weighted by Gasteiger charge is -2.14. The summed E-state index contributed by atoms with van der Waals surface area (Å²) < 4.78 is 6.70. The number of amides is 1. The first kappa shape index (κ1) is 15.1. The molecule has 0 spiro atoms. The van der Waals surface area contributed by atoms with E-state index >= 15 is 0 Å². The fourth-order valence-corrected chi connectivity index (χ4v) is 3.74. The molecule has 2 aromatic rings. The van der Waals surface area contributed by atoms with Crippen molar-refractivity contribution in [2.24, 2.45) is 0 Å². The second-order valence-electron chi connectivity index (χ2n) is 4.14. The van der Waals surface area contributed by atoms with Crippen molar-refractivity contribution in [3.8, 4) is 0 Å². The smallest absolute Gasteiger partial charge is 0.270 e. The van der Waals surface area contributed by atoms with E-state index in [0.29, 0.717) is 25.7 Å². The molecular weight excluding hydrogens is 441 g/mol. The van der Waals surface area contributed by atoms with Crippen molar-refractivity contribution >= 4 is 80.2 Å². The molecule has 0 saturated carbocycles. The van der Waals surface area contributed by atoms with Crippen molar-refractivity contribution in [2.75, 3.05) is 4.90 Å². The lowest BCUT2D eigenvalue weighted by atomic mass is 10.3. The van der Waals surface area contributed by atoms with Gasteiger partial charge in [0.05, 0.1) is 10.6 Å². The molecule has 1 aromatic carbocycles. The van der Waals surface area contributed by atoms with Crippen LogP contribution in [0, 0.1) is 3.77 Å². The molecule has 1 aliphatic heterocycles. The van der Waals surface area contributed by atoms with Crippen LogP contribution in [0.1, 0.15) is 5.76 Å². The highest BCUT2D eigenvalue weighted by Gasteiger charge is 2.33. The molecule has 1 fully saturated rings. The number of carbonyl (C=O) groups excluding carboxylic acids is 1. The van der Waals surface area contributed by atoms with Crippen molar-refractivity contribution in [1.29, 1.82) is 0 Å². The van der Waals surface area contributed by atoms with Gasteiger partial charge < -0.3 is 4.42 Å². The summed E-state index contributed by atoms with van der Waals surface area (Å²) >= 11 is 14.6. The zero-order valence-electron chi connectivity index (χ0n) is 10.4. The number of hydrogen-bond acceptors (Lipinski definition) is 4. The van der Waals surface area contributed by atoms with Gasteiger partial charge in [0, 0.05) is 11.1 Å². The molecule has 0 bridgehead atoms. The third kappa shape index (κ3) is 3.18. The zero-order valence-corrected chi connectivity index (χ0v) is 14.9. The van der Waals surface area contributed by atoms with Gasteiger partial charge in [-0.1, -0.05) is 41.6 Å². The zero-order chi connectivity index (χ0) is 15.0. The van der Waals surface area contributed by atoms with Crippen LogP contribution in [-0.2, 0) is 4.79 Å². The van der Waals surface area contributed by atoms with Crippen LogP contribution in [0.4, 0.5) is 5.69 Å². The molecule has 0 unspecified atom stereocenters. The summed E-state index contributed by atoms with van der Waals surface area (Å²) in [4.78, 5) is 14.5. The van der Waals surface area contributed by atoms with E-state index in [9.17, 15) is 4.79 Å². The Balaban J connectivity index is 1.94. The van der Waals surface area contributed by atoms with Crippen LogP contribution in [0.2, 0.25) is 5.02 Å². The van der Waals surface area contributed by atoms with Gasteiger partial charge in [0.2, 0.25) is 0 Å². The molecule has 3 rings (SSSR count). The average Bonchev–Trinajstić information content (AvgIpc) is 2.94. The van der Waals surface area contributed by atoms with Crippen molar-refractivity contribution in [3.05, 3.63) is 55.9 Å². The highest BCUT2D eigenvalue weighted by atomic mass is 127. The maximum absolute atomic E-state index is 12.5. The SMILES string of the molecule is O=C1/C(=C/c2ccc(I)o2)SC(=S)N1c1cccc(Cl)c1. The molecule has 21 heavy (non-hydrogen) atoms. The minimum atomic E-state index is -0.168. The fourth-order valence-electron chi connectivity index (χ4n) is 1.84. The van der Waals surface area contributed by atoms with Gasteiger partial charge in [-0.3, -0.25) is 9.69 Å². The molecule has 2 heterocycles. The summed E-state index contributed by atoms with van der Waals surface area (Å²) in [6.45, 7) is 0. The standard InChI is InChI=1S/C14H7ClINO2S2/c15-8-2-1-3-9(6-8)17-13(18)11(21-14(17)20)7-10-4-5-12(16)19-10/h1-7H/b11-7-. The maximum atomic E-state index is 12.5. The van der Waals surface area contributed by atoms with E-state index in [2.05, 4.69) is 22.6 Å². The van der Waals surface area contributed by atoms with E-state index in [1.807, 2.05) is 12.1 Å². The summed E-state index contributed by atoms with van der Waals surface area (Å²) in [6, 6.07) is 10.7. The first-order valence-corrected chi connectivity index (χ1v) is 8.51. The molecule has 1 saturated heterocycles. The van der Waals surface area contributed by atoms with Crippen LogP contribution in [0.25, 0.3) is 6.08 Å². The van der Waals surface area contributed by atoms with E-state index < -0.39 is 0 Å². The summed E-state index contributed by atoms with van der Waals surface area (Å²) in [5.41, 5.74) is 0.669. The molecular formula is C14H7ClINO2S2. The number of thiocarbonyl (C=S) groups is 1. The molecule has 0 radical (unpaired) electrons. The number of rotatable bonds is 2. The van der Waals surface area contributed by atoms with Crippen LogP contribution in [0.15, 0.2) is 45.7 Å². The quantitative estimate of drug-likeness (QED) is 0.371. The van der Waals surface area contributed by atoms with Gasteiger partial charge in [-0.15, -0.1) is 0 Å². The third-order valence-electron chi connectivity index (χ3n) is 2.73. The Morgan fingerprint density at radius 2 is 2.14 bits per heavy atom. The number of nitrogens with zero attached hydrogens (tertiary/aromatic N) is 1. The Kier molecular flexibility index (Phi) is 4.39. The monoisotopic (exact) mass is 447 g/mol. The Hall–Kier alpha value is -0.830. The number of thioether (sulfide) groups is 1. The predicted molar refractivity (Wildman–Crippen MR) is 98.5 cm³/mol. The van der Waals surface area contributed by atoms with Gasteiger partial charge in [-0.05, 0) is 52.9 Å². The summed E-state index contributed by atoms with van der Waals surface area (Å²) in [5.74, 6) is 0.463. The Morgan fingerprint density at radius 1 is 1.33 bits per heavy atom. The van der Waals surface area contributed by atoms with Crippen LogP contribution < -0.4 is 4.90 Å². The van der Waals surface area contributed by atoms with E-state index in [1.54, 1.807) is 30.3 Å². The topological polar surface area (TPSA) is 33.5 Å². The number of benzene rings is 1. The van der Waals surface area contributed by atoms with Crippen LogP contribution in [0.5, 0.6) is 0 Å². The largest absolute Gasteiger partial charge is 0.451 e. The average molecular weight is 448 g/mol. The highest BCUT2D eigenvalue weighted by Crippen LogP contribution is 2.36. The van der Waals surface area contributed by atoms with Crippen molar-refractivity contribution in [3.63, 3.8) is 0 Å². The third-order valence-corrected chi connectivity index (χ3v) is 4.84. The van der Waals surface area contributed by atoms with Gasteiger partial charge in [0.15, 0.2) is 8.09 Å². The van der Waals surface area contributed by atoms with E-state index in [4.69, 9.17) is 28.2 Å². The molecule has 1 aromatic heterocycles. The van der Waals surface area contributed by atoms with Crippen LogP contribution in [-0.4, -0.2) is 10.2 Å². The minimum absolute atomic E-state index is 0.168. The number of furan rings is 1. The Bertz CT molecular complexity index is 772. The molecule has 1 amide bonds. The minimum Gasteiger partial charge on any atom is -0.451 e. The number of anilines is 1. The molecule has 0 atom stereocenters. The van der Waals surface area contributed by atoms with Gasteiger partial charge in [0.25, 0.3) is 5.91 Å². The molecule has 3 nitrogen and oxygen atoms in total. The Morgan fingerprint density at radius 3 is 2.81 bits per heavy atom. The van der Waals surface area contributed by atoms with Gasteiger partial charge in [-0.2, -0.15) is 0 Å². The van der Waals surface area contributed by atoms with Crippen LogP contribution >= 0.6 is 58.2 Å². The normalized spacial score (nSPS) is 17.0. The summed E-state index contributed by atoms with van der Waals surface area (Å²) in [7, 11) is 0. The second-order valence-corrected chi connectivity index (χ2v) is 7.31. The highest BCUT2D eigenvalue weighted by molar-refractivity contribution is 14.1. The second kappa shape index (κ2) is 6.12. The number of carbonyl (C=O) groups is 1. The van der Waals surface area contributed by atoms with Crippen molar-refractivity contribution < 1.29 is 9.21 Å². The number of hydrogen-bond donors (Lipinski definition) is 0. The van der Waals surface area contributed by atoms with Crippen molar-refractivity contribution in [2.45, 2.75) is 0 Å². The van der Waals surface area contributed by atoms with E-state index in [-0.39, 0.29) is 5.91 Å². The van der Waals surface area contributed by atoms with Gasteiger partial charge in [0.1, 0.15) is 5.76 Å². The van der Waals surface area contributed by atoms with Gasteiger partial charge >= 0.3 is 0 Å². The first-order chi connectivity index (χ1) is 10.0. The van der Waals surface area contributed by atoms with E-state index in [1.165, 1.54) is 16.7 Å². The van der Waals surface area contributed by atoms with Crippen molar-refractivity contribution in [1.82, 2.24) is 0 Å². The molecule has 106 valence electrons. The first-order valence-electron chi connectivity index (χ1n) is 5.83. The predicted octanol–water partition coefficient (Wildman–Crippen LogP) is 4.94. The molecule has 7 heteroatoms. The maximum Gasteiger partial charge on any atom is 0.270 e. The van der Waals surface area contributed by atoms with Gasteiger partial charge in [-0.25, -0.2) is 0 Å².